The van der Waals surface area contributed by atoms with E-state index in [0.717, 1.165) is 5.75 Å². The van der Waals surface area contributed by atoms with Crippen molar-refractivity contribution in [3.05, 3.63) is 10.4 Å². The van der Waals surface area contributed by atoms with Gasteiger partial charge < -0.3 is 10.0 Å². The molecule has 1 aliphatic heterocycles. The Morgan fingerprint density at radius 2 is 2.29 bits per heavy atom. The summed E-state index contributed by atoms with van der Waals surface area (Å²) in [5.41, 5.74) is 0.0961. The minimum absolute atomic E-state index is 0.164. The maximum atomic E-state index is 11.8. The molecule has 1 aromatic rings. The van der Waals surface area contributed by atoms with Gasteiger partial charge in [0.25, 0.3) is 5.56 Å². The van der Waals surface area contributed by atoms with Crippen molar-refractivity contribution in [3.63, 3.8) is 0 Å². The van der Waals surface area contributed by atoms with Crippen LogP contribution in [0.1, 0.15) is 0 Å². The lowest BCUT2D eigenvalue weighted by Crippen LogP contribution is -2.27. The van der Waals surface area contributed by atoms with E-state index in [2.05, 4.69) is 4.98 Å². The Labute approximate surface area is 85.4 Å². The number of anilines is 1. The van der Waals surface area contributed by atoms with E-state index in [0.29, 0.717) is 11.7 Å². The van der Waals surface area contributed by atoms with Gasteiger partial charge in [0.15, 0.2) is 10.8 Å². The van der Waals surface area contributed by atoms with Crippen molar-refractivity contribution in [2.75, 3.05) is 24.7 Å². The molecule has 0 aliphatic carbocycles. The monoisotopic (exact) mass is 213 g/mol. The van der Waals surface area contributed by atoms with Crippen LogP contribution >= 0.6 is 11.8 Å². The highest BCUT2D eigenvalue weighted by Crippen LogP contribution is 2.27. The zero-order valence-electron chi connectivity index (χ0n) is 8.02. The van der Waals surface area contributed by atoms with Gasteiger partial charge in [0.2, 0.25) is 5.88 Å². The maximum absolute atomic E-state index is 11.8. The zero-order chi connectivity index (χ0) is 10.3. The van der Waals surface area contributed by atoms with Crippen LogP contribution in [-0.2, 0) is 6.54 Å². The van der Waals surface area contributed by atoms with Gasteiger partial charge in [-0.2, -0.15) is 4.98 Å². The summed E-state index contributed by atoms with van der Waals surface area (Å²) in [6, 6.07) is 0. The molecule has 0 fully saturated rings. The summed E-state index contributed by atoms with van der Waals surface area (Å²) < 4.78 is 1.60. The molecule has 0 saturated carbocycles. The van der Waals surface area contributed by atoms with Crippen LogP contribution in [0.15, 0.2) is 9.95 Å². The van der Waals surface area contributed by atoms with Crippen LogP contribution in [-0.4, -0.2) is 34.5 Å². The van der Waals surface area contributed by atoms with Crippen LogP contribution in [0, 0.1) is 0 Å². The van der Waals surface area contributed by atoms with E-state index in [-0.39, 0.29) is 17.1 Å². The predicted molar refractivity (Wildman–Crippen MR) is 55.2 cm³/mol. The Balaban J connectivity index is 2.69. The van der Waals surface area contributed by atoms with Crippen molar-refractivity contribution >= 4 is 17.4 Å². The van der Waals surface area contributed by atoms with Gasteiger partial charge in [-0.15, -0.1) is 0 Å². The highest BCUT2D eigenvalue weighted by atomic mass is 32.2. The quantitative estimate of drug-likeness (QED) is 0.671. The summed E-state index contributed by atoms with van der Waals surface area (Å²) in [5.74, 6) is 0.666. The number of aromatic nitrogens is 2. The largest absolute Gasteiger partial charge is 0.492 e. The number of thioether (sulfide) groups is 1. The van der Waals surface area contributed by atoms with Gasteiger partial charge in [-0.05, 0) is 0 Å². The first-order valence-corrected chi connectivity index (χ1v) is 5.23. The van der Waals surface area contributed by atoms with Crippen molar-refractivity contribution in [1.29, 1.82) is 0 Å². The third kappa shape index (κ3) is 1.26. The van der Waals surface area contributed by atoms with Crippen LogP contribution in [0.4, 0.5) is 5.69 Å². The Bertz CT molecular complexity index is 427. The number of nitrogens with zero attached hydrogens (tertiary/aromatic N) is 3. The molecule has 14 heavy (non-hydrogen) atoms. The smallest absolute Gasteiger partial charge is 0.281 e. The molecule has 2 heterocycles. The number of hydrogen-bond donors (Lipinski definition) is 1. The number of hydrogen-bond acceptors (Lipinski definition) is 5. The van der Waals surface area contributed by atoms with Crippen LogP contribution < -0.4 is 10.5 Å². The third-order valence-corrected chi connectivity index (χ3v) is 3.04. The summed E-state index contributed by atoms with van der Waals surface area (Å²) in [6.07, 6.45) is 0. The summed E-state index contributed by atoms with van der Waals surface area (Å²) in [7, 11) is 3.43. The molecular weight excluding hydrogens is 202 g/mol. The molecule has 0 unspecified atom stereocenters. The second kappa shape index (κ2) is 3.20. The van der Waals surface area contributed by atoms with Crippen molar-refractivity contribution in [1.82, 2.24) is 9.55 Å². The number of rotatable bonds is 1. The van der Waals surface area contributed by atoms with E-state index in [4.69, 9.17) is 0 Å². The van der Waals surface area contributed by atoms with Gasteiger partial charge in [0, 0.05) is 26.4 Å². The average Bonchev–Trinajstić information content (AvgIpc) is 2.50. The molecule has 0 atom stereocenters. The normalized spacial score (nSPS) is 14.1. The van der Waals surface area contributed by atoms with Gasteiger partial charge >= 0.3 is 0 Å². The second-order valence-corrected chi connectivity index (χ2v) is 4.33. The van der Waals surface area contributed by atoms with Gasteiger partial charge in [0.1, 0.15) is 0 Å². The summed E-state index contributed by atoms with van der Waals surface area (Å²) in [4.78, 5) is 17.4. The number of fused-ring (bicyclic) bond motifs is 1. The van der Waals surface area contributed by atoms with Crippen LogP contribution in [0.3, 0.4) is 0 Å². The standard InChI is InChI=1S/C8H11N3O2S/c1-10(2)5-6(12)9-8-11(7(5)13)3-4-14-8/h12H,3-4H2,1-2H3. The van der Waals surface area contributed by atoms with Crippen LogP contribution in [0.2, 0.25) is 0 Å². The first-order valence-electron chi connectivity index (χ1n) is 4.25. The minimum Gasteiger partial charge on any atom is -0.492 e. The molecule has 2 rings (SSSR count). The van der Waals surface area contributed by atoms with Gasteiger partial charge in [-0.1, -0.05) is 11.8 Å². The molecule has 0 bridgehead atoms. The molecule has 1 aliphatic rings. The molecule has 0 saturated heterocycles. The van der Waals surface area contributed by atoms with Gasteiger partial charge in [0.05, 0.1) is 0 Å². The highest BCUT2D eigenvalue weighted by molar-refractivity contribution is 7.99. The van der Waals surface area contributed by atoms with E-state index < -0.39 is 0 Å². The topological polar surface area (TPSA) is 58.4 Å². The summed E-state index contributed by atoms with van der Waals surface area (Å²) in [6.45, 7) is 0.674. The van der Waals surface area contributed by atoms with E-state index in [1.807, 2.05) is 0 Å². The Morgan fingerprint density at radius 1 is 1.57 bits per heavy atom. The van der Waals surface area contributed by atoms with Crippen LogP contribution in [0.25, 0.3) is 0 Å². The van der Waals surface area contributed by atoms with Crippen LogP contribution in [0.5, 0.6) is 5.88 Å². The first kappa shape index (κ1) is 9.39. The molecule has 0 amide bonds. The predicted octanol–water partition coefficient (Wildman–Crippen LogP) is 0.121. The third-order valence-electron chi connectivity index (χ3n) is 2.09. The van der Waals surface area contributed by atoms with Gasteiger partial charge in [-0.25, -0.2) is 0 Å². The molecule has 0 aromatic carbocycles. The molecule has 0 radical (unpaired) electrons. The molecule has 0 spiro atoms. The van der Waals surface area contributed by atoms with Crippen molar-refractivity contribution in [2.45, 2.75) is 11.7 Å². The highest BCUT2D eigenvalue weighted by Gasteiger charge is 2.21. The molecule has 1 aromatic heterocycles. The lowest BCUT2D eigenvalue weighted by molar-refractivity contribution is 0.437. The molecule has 5 nitrogen and oxygen atoms in total. The van der Waals surface area contributed by atoms with E-state index in [1.165, 1.54) is 11.8 Å². The molecule has 1 N–H and O–H groups in total. The lowest BCUT2D eigenvalue weighted by atomic mass is 10.4. The fourth-order valence-electron chi connectivity index (χ4n) is 1.44. The Kier molecular flexibility index (Phi) is 2.14. The fourth-order valence-corrected chi connectivity index (χ4v) is 2.38. The van der Waals surface area contributed by atoms with Crippen molar-refractivity contribution < 1.29 is 5.11 Å². The Morgan fingerprint density at radius 3 is 2.93 bits per heavy atom. The molecular formula is C8H11N3O2S. The maximum Gasteiger partial charge on any atom is 0.281 e. The van der Waals surface area contributed by atoms with E-state index in [9.17, 15) is 9.90 Å². The van der Waals surface area contributed by atoms with E-state index >= 15 is 0 Å². The average molecular weight is 213 g/mol. The summed E-state index contributed by atoms with van der Waals surface area (Å²) in [5, 5.41) is 10.2. The SMILES string of the molecule is CN(C)c1c(O)nc2n(c1=O)CCS2. The molecule has 76 valence electrons. The van der Waals surface area contributed by atoms with Crippen molar-refractivity contribution in [2.24, 2.45) is 0 Å². The van der Waals surface area contributed by atoms with Crippen molar-refractivity contribution in [3.8, 4) is 5.88 Å². The molecule has 6 heteroatoms. The van der Waals surface area contributed by atoms with Gasteiger partial charge in [-0.3, -0.25) is 9.36 Å². The lowest BCUT2D eigenvalue weighted by Gasteiger charge is -2.14. The zero-order valence-corrected chi connectivity index (χ0v) is 8.84. The summed E-state index contributed by atoms with van der Waals surface area (Å²) >= 11 is 1.49. The fraction of sp³-hybridized carbons (Fsp3) is 0.500. The number of aromatic hydroxyl groups is 1. The minimum atomic E-state index is -0.180. The second-order valence-electron chi connectivity index (χ2n) is 3.27. The Hall–Kier alpha value is -1.17. The first-order chi connectivity index (χ1) is 6.61. The van der Waals surface area contributed by atoms with E-state index in [1.54, 1.807) is 23.6 Å².